The van der Waals surface area contributed by atoms with E-state index in [2.05, 4.69) is 0 Å². The van der Waals surface area contributed by atoms with E-state index in [1.54, 1.807) is 12.1 Å². The Morgan fingerprint density at radius 1 is 1.26 bits per heavy atom. The van der Waals surface area contributed by atoms with Crippen LogP contribution in [0, 0.1) is 5.82 Å². The number of halogens is 1. The highest BCUT2D eigenvalue weighted by molar-refractivity contribution is 8.15. The smallest absolute Gasteiger partial charge is 0.289 e. The van der Waals surface area contributed by atoms with Crippen molar-refractivity contribution in [1.82, 2.24) is 4.90 Å². The van der Waals surface area contributed by atoms with Gasteiger partial charge in [-0.3, -0.25) is 14.5 Å². The van der Waals surface area contributed by atoms with Crippen LogP contribution in [0.15, 0.2) is 24.3 Å². The maximum Gasteiger partial charge on any atom is 0.289 e. The van der Waals surface area contributed by atoms with Crippen LogP contribution in [0.2, 0.25) is 0 Å². The number of rotatable bonds is 5. The fourth-order valence-corrected chi connectivity index (χ4v) is 2.97. The van der Waals surface area contributed by atoms with Crippen LogP contribution in [0.5, 0.6) is 0 Å². The summed E-state index contributed by atoms with van der Waals surface area (Å²) in [5.41, 5.74) is 6.23. The molecule has 1 aromatic rings. The normalized spacial score (nSPS) is 19.3. The molecule has 0 spiro atoms. The molecular weight excluding hydrogens is 267 g/mol. The first kappa shape index (κ1) is 14.0. The summed E-state index contributed by atoms with van der Waals surface area (Å²) < 4.78 is 12.8. The van der Waals surface area contributed by atoms with Gasteiger partial charge in [0, 0.05) is 6.54 Å². The van der Waals surface area contributed by atoms with E-state index in [1.807, 2.05) is 0 Å². The fourth-order valence-electron chi connectivity index (χ4n) is 1.91. The molecule has 2 N–H and O–H groups in total. The molecule has 4 nitrogen and oxygen atoms in total. The van der Waals surface area contributed by atoms with Crippen molar-refractivity contribution in [2.75, 3.05) is 13.1 Å². The lowest BCUT2D eigenvalue weighted by Gasteiger charge is -2.12. The summed E-state index contributed by atoms with van der Waals surface area (Å²) in [4.78, 5) is 25.0. The molecule has 1 saturated heterocycles. The van der Waals surface area contributed by atoms with Gasteiger partial charge in [-0.05, 0) is 37.1 Å². The van der Waals surface area contributed by atoms with E-state index in [-0.39, 0.29) is 17.0 Å². The number of carbonyl (C=O) groups is 2. The first-order valence-electron chi connectivity index (χ1n) is 6.08. The number of thioether (sulfide) groups is 1. The number of hydrogen-bond acceptors (Lipinski definition) is 4. The number of amides is 2. The minimum absolute atomic E-state index is 0.173. The van der Waals surface area contributed by atoms with Crippen molar-refractivity contribution in [3.05, 3.63) is 35.6 Å². The minimum Gasteiger partial charge on any atom is -0.330 e. The fraction of sp³-hybridized carbons (Fsp3) is 0.385. The number of imide groups is 1. The lowest BCUT2D eigenvalue weighted by Crippen LogP contribution is -2.33. The molecule has 0 aromatic heterocycles. The predicted molar refractivity (Wildman–Crippen MR) is 72.3 cm³/mol. The molecule has 0 saturated carbocycles. The van der Waals surface area contributed by atoms with E-state index >= 15 is 0 Å². The second-order valence-corrected chi connectivity index (χ2v) is 5.49. The Morgan fingerprint density at radius 3 is 2.58 bits per heavy atom. The number of nitrogens with two attached hydrogens (primary N) is 1. The lowest BCUT2D eigenvalue weighted by molar-refractivity contribution is -0.126. The highest BCUT2D eigenvalue weighted by atomic mass is 32.2. The Hall–Kier alpha value is -1.40. The van der Waals surface area contributed by atoms with Crippen molar-refractivity contribution < 1.29 is 14.0 Å². The van der Waals surface area contributed by atoms with Crippen molar-refractivity contribution in [1.29, 1.82) is 0 Å². The van der Waals surface area contributed by atoms with Gasteiger partial charge in [0.1, 0.15) is 5.82 Å². The number of benzene rings is 1. The van der Waals surface area contributed by atoms with Gasteiger partial charge in [0.05, 0.1) is 5.25 Å². The second-order valence-electron chi connectivity index (χ2n) is 4.34. The summed E-state index contributed by atoms with van der Waals surface area (Å²) in [6, 6.07) is 5.98. The molecule has 0 radical (unpaired) electrons. The summed E-state index contributed by atoms with van der Waals surface area (Å²) in [5, 5.41) is -0.624. The van der Waals surface area contributed by atoms with E-state index in [9.17, 15) is 14.0 Å². The zero-order valence-corrected chi connectivity index (χ0v) is 11.2. The molecule has 19 heavy (non-hydrogen) atoms. The van der Waals surface area contributed by atoms with Crippen LogP contribution in [0.25, 0.3) is 0 Å². The van der Waals surface area contributed by atoms with Crippen LogP contribution in [-0.4, -0.2) is 34.4 Å². The summed E-state index contributed by atoms with van der Waals surface area (Å²) in [6.45, 7) is 0.825. The molecule has 0 unspecified atom stereocenters. The third-order valence-electron chi connectivity index (χ3n) is 2.93. The Labute approximate surface area is 115 Å². The van der Waals surface area contributed by atoms with E-state index in [0.717, 1.165) is 17.3 Å². The van der Waals surface area contributed by atoms with E-state index < -0.39 is 5.25 Å². The number of carbonyl (C=O) groups excluding carboxylic acids is 2. The average molecular weight is 282 g/mol. The quantitative estimate of drug-likeness (QED) is 0.894. The van der Waals surface area contributed by atoms with Gasteiger partial charge >= 0.3 is 0 Å². The highest BCUT2D eigenvalue weighted by Gasteiger charge is 2.38. The first-order chi connectivity index (χ1) is 9.11. The summed E-state index contributed by atoms with van der Waals surface area (Å²) in [5.74, 6) is -0.484. The molecule has 6 heteroatoms. The van der Waals surface area contributed by atoms with Gasteiger partial charge < -0.3 is 5.73 Å². The van der Waals surface area contributed by atoms with Crippen molar-refractivity contribution in [3.8, 4) is 0 Å². The summed E-state index contributed by atoms with van der Waals surface area (Å²) in [7, 11) is 0. The van der Waals surface area contributed by atoms with Crippen molar-refractivity contribution in [2.45, 2.75) is 18.1 Å². The molecular formula is C13H15FN2O2S. The molecule has 1 aromatic carbocycles. The van der Waals surface area contributed by atoms with Gasteiger partial charge in [-0.1, -0.05) is 23.9 Å². The largest absolute Gasteiger partial charge is 0.330 e. The van der Waals surface area contributed by atoms with Crippen LogP contribution in [-0.2, 0) is 11.2 Å². The van der Waals surface area contributed by atoms with E-state index in [1.165, 1.54) is 17.0 Å². The third-order valence-corrected chi connectivity index (χ3v) is 4.00. The Balaban J connectivity index is 2.00. The maximum atomic E-state index is 12.8. The molecule has 1 aliphatic heterocycles. The number of hydrogen-bond donors (Lipinski definition) is 1. The molecule has 1 atom stereocenters. The lowest BCUT2D eigenvalue weighted by atomic mass is 10.1. The maximum absolute atomic E-state index is 12.8. The molecule has 1 fully saturated rings. The molecule has 0 bridgehead atoms. The van der Waals surface area contributed by atoms with Crippen molar-refractivity contribution in [3.63, 3.8) is 0 Å². The van der Waals surface area contributed by atoms with Crippen LogP contribution in [0.4, 0.5) is 9.18 Å². The first-order valence-corrected chi connectivity index (χ1v) is 6.96. The zero-order chi connectivity index (χ0) is 13.8. The van der Waals surface area contributed by atoms with Crippen LogP contribution in [0.1, 0.15) is 12.0 Å². The van der Waals surface area contributed by atoms with Gasteiger partial charge in [0.15, 0.2) is 0 Å². The monoisotopic (exact) mass is 282 g/mol. The standard InChI is InChI=1S/C13H15FN2O2S/c14-10-4-2-9(3-5-10)8-11-12(17)16(7-1-6-15)13(18)19-11/h2-5,11H,1,6-8,15H2/t11-/m0/s1. The molecule has 1 aliphatic rings. The predicted octanol–water partition coefficient (Wildman–Crippen LogP) is 1.78. The van der Waals surface area contributed by atoms with Crippen LogP contribution < -0.4 is 5.73 Å². The molecule has 2 rings (SSSR count). The molecule has 2 amide bonds. The number of nitrogens with zero attached hydrogens (tertiary/aromatic N) is 1. The van der Waals surface area contributed by atoms with Crippen molar-refractivity contribution >= 4 is 22.9 Å². The van der Waals surface area contributed by atoms with Gasteiger partial charge in [-0.25, -0.2) is 4.39 Å². The van der Waals surface area contributed by atoms with Crippen LogP contribution >= 0.6 is 11.8 Å². The molecule has 0 aliphatic carbocycles. The Morgan fingerprint density at radius 2 is 1.95 bits per heavy atom. The SMILES string of the molecule is NCCCN1C(=O)S[C@@H](Cc2ccc(F)cc2)C1=O. The summed E-state index contributed by atoms with van der Waals surface area (Å²) in [6.07, 6.45) is 1.05. The average Bonchev–Trinajstić information content (AvgIpc) is 2.65. The Kier molecular flexibility index (Phi) is 4.55. The van der Waals surface area contributed by atoms with E-state index in [0.29, 0.717) is 25.9 Å². The zero-order valence-electron chi connectivity index (χ0n) is 10.3. The van der Waals surface area contributed by atoms with E-state index in [4.69, 9.17) is 5.73 Å². The van der Waals surface area contributed by atoms with Crippen LogP contribution in [0.3, 0.4) is 0 Å². The van der Waals surface area contributed by atoms with Crippen molar-refractivity contribution in [2.24, 2.45) is 5.73 Å². The molecule has 102 valence electrons. The van der Waals surface area contributed by atoms with Gasteiger partial charge in [-0.15, -0.1) is 0 Å². The van der Waals surface area contributed by atoms with Gasteiger partial charge in [0.25, 0.3) is 5.24 Å². The molecule has 1 heterocycles. The van der Waals surface area contributed by atoms with Gasteiger partial charge in [0.2, 0.25) is 5.91 Å². The third kappa shape index (κ3) is 3.33. The summed E-state index contributed by atoms with van der Waals surface area (Å²) >= 11 is 1.03. The Bertz CT molecular complexity index is 478. The minimum atomic E-state index is -0.407. The topological polar surface area (TPSA) is 63.4 Å². The highest BCUT2D eigenvalue weighted by Crippen LogP contribution is 2.29. The second kappa shape index (κ2) is 6.16. The van der Waals surface area contributed by atoms with Gasteiger partial charge in [-0.2, -0.15) is 0 Å².